The van der Waals surface area contributed by atoms with Crippen LogP contribution in [0, 0.1) is 31.6 Å². The van der Waals surface area contributed by atoms with Crippen LogP contribution in [0.3, 0.4) is 0 Å². The number of rotatable bonds is 6. The Morgan fingerprint density at radius 1 is 0.938 bits per heavy atom. The number of aryl methyl sites for hydroxylation is 2. The molecule has 6 heteroatoms. The first-order chi connectivity index (χ1) is 15.2. The first kappa shape index (κ1) is 21.5. The van der Waals surface area contributed by atoms with Crippen molar-refractivity contribution in [3.63, 3.8) is 0 Å². The molecule has 4 saturated carbocycles. The minimum atomic E-state index is -3.88. The van der Waals surface area contributed by atoms with E-state index >= 15 is 0 Å². The highest BCUT2D eigenvalue weighted by molar-refractivity contribution is 7.92. The molecule has 0 unspecified atom stereocenters. The lowest BCUT2D eigenvalue weighted by Gasteiger charge is -2.57. The van der Waals surface area contributed by atoms with Gasteiger partial charge in [-0.15, -0.1) is 0 Å². The quantitative estimate of drug-likeness (QED) is 0.697. The summed E-state index contributed by atoms with van der Waals surface area (Å²) < 4.78 is 28.5. The van der Waals surface area contributed by atoms with Crippen molar-refractivity contribution in [3.8, 4) is 0 Å². The third-order valence-electron chi connectivity index (χ3n) is 7.56. The molecule has 0 aromatic heterocycles. The van der Waals surface area contributed by atoms with E-state index in [2.05, 4.69) is 5.32 Å². The molecule has 0 spiro atoms. The van der Waals surface area contributed by atoms with Crippen molar-refractivity contribution >= 4 is 21.6 Å². The third-order valence-corrected chi connectivity index (χ3v) is 9.34. The van der Waals surface area contributed by atoms with Crippen LogP contribution in [-0.4, -0.2) is 26.4 Å². The molecule has 0 radical (unpaired) electrons. The molecule has 32 heavy (non-hydrogen) atoms. The second kappa shape index (κ2) is 7.91. The molecule has 4 bridgehead atoms. The highest BCUT2D eigenvalue weighted by atomic mass is 32.2. The number of hydrogen-bond donors (Lipinski definition) is 1. The lowest BCUT2D eigenvalue weighted by Crippen LogP contribution is -2.61. The fraction of sp³-hybridized carbons (Fsp3) is 0.500. The zero-order chi connectivity index (χ0) is 22.5. The fourth-order valence-electron chi connectivity index (χ4n) is 6.86. The summed E-state index contributed by atoms with van der Waals surface area (Å²) in [6.45, 7) is 3.68. The number of hydrogen-bond acceptors (Lipinski definition) is 3. The molecule has 5 nitrogen and oxygen atoms in total. The van der Waals surface area contributed by atoms with E-state index < -0.39 is 10.0 Å². The molecule has 1 N–H and O–H groups in total. The number of nitrogens with one attached hydrogen (secondary N) is 1. The summed E-state index contributed by atoms with van der Waals surface area (Å²) in [5.41, 5.74) is 2.33. The zero-order valence-corrected chi connectivity index (χ0v) is 19.7. The highest BCUT2D eigenvalue weighted by Gasteiger charge is 2.51. The van der Waals surface area contributed by atoms with Crippen molar-refractivity contribution in [2.24, 2.45) is 17.8 Å². The molecule has 1 amide bonds. The second-order valence-electron chi connectivity index (χ2n) is 10.4. The van der Waals surface area contributed by atoms with E-state index in [1.807, 2.05) is 32.0 Å². The lowest BCUT2D eigenvalue weighted by atomic mass is 9.53. The molecule has 0 heterocycles. The standard InChI is InChI=1S/C26H32N2O3S/c1-18-8-19(2)10-23(9-18)28(32(30,31)24-6-4-3-5-7-24)17-25(29)27-26-14-20-11-21(15-26)13-22(12-20)16-26/h3-10,20-22H,11-17H2,1-2H3,(H,27,29). The van der Waals surface area contributed by atoms with Crippen molar-refractivity contribution in [3.05, 3.63) is 59.7 Å². The molecule has 0 atom stereocenters. The molecule has 0 aliphatic heterocycles. The van der Waals surface area contributed by atoms with Gasteiger partial charge in [-0.05, 0) is 106 Å². The van der Waals surface area contributed by atoms with Crippen LogP contribution in [0.5, 0.6) is 0 Å². The Bertz CT molecular complexity index is 1070. The number of carbonyl (C=O) groups excluding carboxylic acids is 1. The molecule has 4 aliphatic rings. The molecule has 4 fully saturated rings. The predicted molar refractivity (Wildman–Crippen MR) is 126 cm³/mol. The highest BCUT2D eigenvalue weighted by Crippen LogP contribution is 2.55. The van der Waals surface area contributed by atoms with Gasteiger partial charge in [0.25, 0.3) is 10.0 Å². The van der Waals surface area contributed by atoms with Gasteiger partial charge in [0, 0.05) is 5.54 Å². The molecule has 0 saturated heterocycles. The van der Waals surface area contributed by atoms with Crippen molar-refractivity contribution in [2.75, 3.05) is 10.8 Å². The summed E-state index contributed by atoms with van der Waals surface area (Å²) >= 11 is 0. The first-order valence-electron chi connectivity index (χ1n) is 11.7. The van der Waals surface area contributed by atoms with Crippen LogP contribution >= 0.6 is 0 Å². The Morgan fingerprint density at radius 2 is 1.47 bits per heavy atom. The lowest BCUT2D eigenvalue weighted by molar-refractivity contribution is -0.125. The minimum absolute atomic E-state index is 0.142. The van der Waals surface area contributed by atoms with Gasteiger partial charge in [0.2, 0.25) is 5.91 Å². The summed E-state index contributed by atoms with van der Waals surface area (Å²) in [5.74, 6) is 1.94. The average molecular weight is 453 g/mol. The third kappa shape index (κ3) is 4.05. The Hall–Kier alpha value is -2.34. The van der Waals surface area contributed by atoms with Crippen molar-refractivity contribution in [2.45, 2.75) is 62.8 Å². The number of benzene rings is 2. The SMILES string of the molecule is Cc1cc(C)cc(N(CC(=O)NC23CC4CC(CC(C4)C2)C3)S(=O)(=O)c2ccccc2)c1. The molecule has 6 rings (SSSR count). The van der Waals surface area contributed by atoms with Crippen molar-refractivity contribution in [1.29, 1.82) is 0 Å². The Labute approximate surface area is 191 Å². The van der Waals surface area contributed by atoms with E-state index in [1.165, 1.54) is 23.6 Å². The van der Waals surface area contributed by atoms with Gasteiger partial charge < -0.3 is 5.32 Å². The first-order valence-corrected chi connectivity index (χ1v) is 13.1. The van der Waals surface area contributed by atoms with Gasteiger partial charge in [0.1, 0.15) is 6.54 Å². The van der Waals surface area contributed by atoms with E-state index in [-0.39, 0.29) is 22.9 Å². The average Bonchev–Trinajstić information content (AvgIpc) is 2.70. The van der Waals surface area contributed by atoms with Gasteiger partial charge in [0.05, 0.1) is 10.6 Å². The summed E-state index contributed by atoms with van der Waals surface area (Å²) in [5, 5.41) is 3.33. The summed E-state index contributed by atoms with van der Waals surface area (Å²) in [6.07, 6.45) is 7.02. The normalized spacial score (nSPS) is 28.5. The van der Waals surface area contributed by atoms with Gasteiger partial charge in [-0.1, -0.05) is 24.3 Å². The van der Waals surface area contributed by atoms with Crippen LogP contribution in [0.4, 0.5) is 5.69 Å². The maximum Gasteiger partial charge on any atom is 0.264 e. The van der Waals surface area contributed by atoms with Gasteiger partial charge >= 0.3 is 0 Å². The monoisotopic (exact) mass is 452 g/mol. The minimum Gasteiger partial charge on any atom is -0.349 e. The zero-order valence-electron chi connectivity index (χ0n) is 18.9. The molecular weight excluding hydrogens is 420 g/mol. The number of carbonyl (C=O) groups is 1. The molecule has 2 aromatic carbocycles. The van der Waals surface area contributed by atoms with Gasteiger partial charge in [-0.2, -0.15) is 0 Å². The predicted octanol–water partition coefficient (Wildman–Crippen LogP) is 4.58. The van der Waals surface area contributed by atoms with E-state index in [1.54, 1.807) is 30.3 Å². The summed E-state index contributed by atoms with van der Waals surface area (Å²) in [7, 11) is -3.88. The van der Waals surface area contributed by atoms with Crippen LogP contribution in [0.1, 0.15) is 49.7 Å². The van der Waals surface area contributed by atoms with E-state index in [0.29, 0.717) is 23.4 Å². The molecule has 2 aromatic rings. The Balaban J connectivity index is 1.44. The number of nitrogens with zero attached hydrogens (tertiary/aromatic N) is 1. The van der Waals surface area contributed by atoms with Crippen LogP contribution < -0.4 is 9.62 Å². The topological polar surface area (TPSA) is 66.5 Å². The maximum absolute atomic E-state index is 13.6. The van der Waals surface area contributed by atoms with Gasteiger partial charge in [0.15, 0.2) is 0 Å². The summed E-state index contributed by atoms with van der Waals surface area (Å²) in [6, 6.07) is 14.1. The van der Waals surface area contributed by atoms with Crippen molar-refractivity contribution < 1.29 is 13.2 Å². The van der Waals surface area contributed by atoms with Gasteiger partial charge in [-0.25, -0.2) is 8.42 Å². The number of anilines is 1. The summed E-state index contributed by atoms with van der Waals surface area (Å²) in [4.78, 5) is 13.5. The fourth-order valence-corrected chi connectivity index (χ4v) is 8.28. The van der Waals surface area contributed by atoms with Crippen LogP contribution in [0.2, 0.25) is 0 Å². The maximum atomic E-state index is 13.6. The molecule has 4 aliphatic carbocycles. The van der Waals surface area contributed by atoms with Crippen molar-refractivity contribution in [1.82, 2.24) is 5.32 Å². The van der Waals surface area contributed by atoms with Crippen LogP contribution in [-0.2, 0) is 14.8 Å². The Kier molecular flexibility index (Phi) is 5.31. The number of amides is 1. The van der Waals surface area contributed by atoms with E-state index in [9.17, 15) is 13.2 Å². The molecular formula is C26H32N2O3S. The second-order valence-corrected chi connectivity index (χ2v) is 12.3. The van der Waals surface area contributed by atoms with E-state index in [0.717, 1.165) is 30.4 Å². The Morgan fingerprint density at radius 3 is 2.00 bits per heavy atom. The number of sulfonamides is 1. The van der Waals surface area contributed by atoms with E-state index in [4.69, 9.17) is 0 Å². The largest absolute Gasteiger partial charge is 0.349 e. The molecule has 170 valence electrons. The van der Waals surface area contributed by atoms with Crippen LogP contribution in [0.15, 0.2) is 53.4 Å². The smallest absolute Gasteiger partial charge is 0.264 e. The van der Waals surface area contributed by atoms with Crippen LogP contribution in [0.25, 0.3) is 0 Å². The van der Waals surface area contributed by atoms with Gasteiger partial charge in [-0.3, -0.25) is 9.10 Å².